The lowest BCUT2D eigenvalue weighted by Gasteiger charge is -2.43. The molecule has 1 fully saturated rings. The summed E-state index contributed by atoms with van der Waals surface area (Å²) in [4.78, 5) is 31.2. The van der Waals surface area contributed by atoms with Gasteiger partial charge in [-0.3, -0.25) is 19.5 Å². The number of piperazine rings is 1. The van der Waals surface area contributed by atoms with Crippen LogP contribution in [0.4, 0.5) is 5.69 Å². The van der Waals surface area contributed by atoms with Crippen molar-refractivity contribution in [2.45, 2.75) is 53.1 Å². The van der Waals surface area contributed by atoms with Gasteiger partial charge in [-0.1, -0.05) is 27.7 Å². The highest BCUT2D eigenvalue weighted by Crippen LogP contribution is 2.30. The highest BCUT2D eigenvalue weighted by atomic mass is 16.2. The Labute approximate surface area is 125 Å². The molecular formula is C16H23N3O2. The second-order valence-electron chi connectivity index (χ2n) is 6.55. The Hall–Kier alpha value is -1.91. The number of nitrogens with zero attached hydrogens (tertiary/aromatic N) is 2. The van der Waals surface area contributed by atoms with Gasteiger partial charge in [-0.25, -0.2) is 0 Å². The quantitative estimate of drug-likeness (QED) is 0.906. The zero-order chi connectivity index (χ0) is 15.8. The predicted octanol–water partition coefficient (Wildman–Crippen LogP) is 2.05. The zero-order valence-electron chi connectivity index (χ0n) is 13.3. The van der Waals surface area contributed by atoms with Crippen molar-refractivity contribution < 1.29 is 9.59 Å². The maximum absolute atomic E-state index is 12.9. The summed E-state index contributed by atoms with van der Waals surface area (Å²) in [5.41, 5.74) is 1.14. The number of anilines is 1. The zero-order valence-corrected chi connectivity index (χ0v) is 13.3. The molecule has 0 aromatic carbocycles. The van der Waals surface area contributed by atoms with Crippen molar-refractivity contribution in [1.82, 2.24) is 10.3 Å². The van der Waals surface area contributed by atoms with Crippen LogP contribution in [0.2, 0.25) is 0 Å². The van der Waals surface area contributed by atoms with E-state index in [9.17, 15) is 9.59 Å². The van der Waals surface area contributed by atoms with Gasteiger partial charge in [0.05, 0.1) is 11.4 Å². The molecule has 1 aromatic heterocycles. The molecule has 1 aromatic rings. The molecule has 114 valence electrons. The Morgan fingerprint density at radius 3 is 2.52 bits per heavy atom. The second kappa shape index (κ2) is 5.47. The first-order chi connectivity index (χ1) is 9.77. The Kier molecular flexibility index (Phi) is 4.03. The summed E-state index contributed by atoms with van der Waals surface area (Å²) in [6, 6.07) is 2.65. The van der Waals surface area contributed by atoms with Crippen LogP contribution in [0.15, 0.2) is 18.3 Å². The number of carbonyl (C=O) groups is 2. The highest BCUT2D eigenvalue weighted by molar-refractivity contribution is 6.09. The molecule has 1 N–H and O–H groups in total. The van der Waals surface area contributed by atoms with Gasteiger partial charge in [-0.05, 0) is 30.9 Å². The predicted molar refractivity (Wildman–Crippen MR) is 81.9 cm³/mol. The third-order valence-corrected chi connectivity index (χ3v) is 3.88. The average Bonchev–Trinajstić information content (AvgIpc) is 2.40. The van der Waals surface area contributed by atoms with E-state index < -0.39 is 12.1 Å². The fourth-order valence-electron chi connectivity index (χ4n) is 2.68. The highest BCUT2D eigenvalue weighted by Gasteiger charge is 2.45. The van der Waals surface area contributed by atoms with Crippen molar-refractivity contribution in [2.24, 2.45) is 5.41 Å². The Balaban J connectivity index is 2.50. The van der Waals surface area contributed by atoms with E-state index in [1.165, 1.54) is 0 Å². The fourth-order valence-corrected chi connectivity index (χ4v) is 2.68. The summed E-state index contributed by atoms with van der Waals surface area (Å²) < 4.78 is 0. The van der Waals surface area contributed by atoms with Gasteiger partial charge in [0, 0.05) is 6.20 Å². The SMILES string of the molecule is CCC1C(=O)NC(C(C)(C)C)C(=O)N1c1cccnc1C. The van der Waals surface area contributed by atoms with Crippen molar-refractivity contribution in [3.05, 3.63) is 24.0 Å². The van der Waals surface area contributed by atoms with Gasteiger partial charge in [0.1, 0.15) is 12.1 Å². The van der Waals surface area contributed by atoms with Crippen LogP contribution >= 0.6 is 0 Å². The Morgan fingerprint density at radius 1 is 1.33 bits per heavy atom. The first-order valence-corrected chi connectivity index (χ1v) is 7.32. The molecule has 5 nitrogen and oxygen atoms in total. The second-order valence-corrected chi connectivity index (χ2v) is 6.55. The minimum Gasteiger partial charge on any atom is -0.342 e. The van der Waals surface area contributed by atoms with Gasteiger partial charge in [0.2, 0.25) is 5.91 Å². The third-order valence-electron chi connectivity index (χ3n) is 3.88. The van der Waals surface area contributed by atoms with Crippen molar-refractivity contribution in [2.75, 3.05) is 4.90 Å². The number of aromatic nitrogens is 1. The van der Waals surface area contributed by atoms with E-state index in [4.69, 9.17) is 0 Å². The van der Waals surface area contributed by atoms with Gasteiger partial charge in [-0.2, -0.15) is 0 Å². The van der Waals surface area contributed by atoms with E-state index >= 15 is 0 Å². The molecule has 1 saturated heterocycles. The standard InChI is InChI=1S/C16H23N3O2/c1-6-11-14(20)18-13(16(3,4)5)15(21)19(11)12-8-7-9-17-10(12)2/h7-9,11,13H,6H2,1-5H3,(H,18,20). The Bertz CT molecular complexity index is 563. The first kappa shape index (κ1) is 15.5. The van der Waals surface area contributed by atoms with Crippen molar-refractivity contribution in [3.63, 3.8) is 0 Å². The molecule has 21 heavy (non-hydrogen) atoms. The van der Waals surface area contributed by atoms with Gasteiger partial charge in [-0.15, -0.1) is 0 Å². The maximum atomic E-state index is 12.9. The Morgan fingerprint density at radius 2 is 2.00 bits per heavy atom. The molecule has 1 aliphatic heterocycles. The van der Waals surface area contributed by atoms with Crippen LogP contribution in [0.3, 0.4) is 0 Å². The monoisotopic (exact) mass is 289 g/mol. The van der Waals surface area contributed by atoms with E-state index in [-0.39, 0.29) is 17.2 Å². The lowest BCUT2D eigenvalue weighted by molar-refractivity contribution is -0.136. The summed E-state index contributed by atoms with van der Waals surface area (Å²) in [6.45, 7) is 9.63. The van der Waals surface area contributed by atoms with E-state index in [2.05, 4.69) is 10.3 Å². The van der Waals surface area contributed by atoms with E-state index in [1.807, 2.05) is 40.7 Å². The van der Waals surface area contributed by atoms with Crippen LogP contribution in [0.25, 0.3) is 0 Å². The first-order valence-electron chi connectivity index (χ1n) is 7.32. The molecule has 0 aliphatic carbocycles. The van der Waals surface area contributed by atoms with Crippen molar-refractivity contribution in [3.8, 4) is 0 Å². The minimum atomic E-state index is -0.521. The van der Waals surface area contributed by atoms with Crippen LogP contribution in [-0.2, 0) is 9.59 Å². The van der Waals surface area contributed by atoms with Crippen LogP contribution in [0.1, 0.15) is 39.8 Å². The minimum absolute atomic E-state index is 0.0648. The molecule has 2 atom stereocenters. The van der Waals surface area contributed by atoms with Crippen molar-refractivity contribution in [1.29, 1.82) is 0 Å². The number of hydrogen-bond donors (Lipinski definition) is 1. The molecule has 1 aliphatic rings. The van der Waals surface area contributed by atoms with E-state index in [0.717, 1.165) is 11.4 Å². The molecule has 0 bridgehead atoms. The lowest BCUT2D eigenvalue weighted by atomic mass is 9.83. The lowest BCUT2D eigenvalue weighted by Crippen LogP contribution is -2.66. The van der Waals surface area contributed by atoms with Crippen LogP contribution < -0.4 is 10.2 Å². The number of aryl methyl sites for hydroxylation is 1. The van der Waals surface area contributed by atoms with Crippen LogP contribution in [0, 0.1) is 12.3 Å². The van der Waals surface area contributed by atoms with Crippen LogP contribution in [-0.4, -0.2) is 28.9 Å². The average molecular weight is 289 g/mol. The molecular weight excluding hydrogens is 266 g/mol. The molecule has 2 heterocycles. The van der Waals surface area contributed by atoms with Crippen LogP contribution in [0.5, 0.6) is 0 Å². The van der Waals surface area contributed by atoms with Gasteiger partial charge >= 0.3 is 0 Å². The van der Waals surface area contributed by atoms with Gasteiger partial charge in [0.15, 0.2) is 0 Å². The van der Waals surface area contributed by atoms with Crippen molar-refractivity contribution >= 4 is 17.5 Å². The number of rotatable bonds is 2. The number of nitrogens with one attached hydrogen (secondary N) is 1. The number of hydrogen-bond acceptors (Lipinski definition) is 3. The summed E-state index contributed by atoms with van der Waals surface area (Å²) in [6.07, 6.45) is 2.26. The molecule has 2 rings (SSSR count). The maximum Gasteiger partial charge on any atom is 0.250 e. The molecule has 2 amide bonds. The molecule has 0 saturated carbocycles. The molecule has 2 unspecified atom stereocenters. The summed E-state index contributed by atoms with van der Waals surface area (Å²) in [5, 5.41) is 2.88. The molecule has 0 radical (unpaired) electrons. The number of amides is 2. The smallest absolute Gasteiger partial charge is 0.250 e. The van der Waals surface area contributed by atoms with Gasteiger partial charge in [0.25, 0.3) is 5.91 Å². The summed E-state index contributed by atoms with van der Waals surface area (Å²) >= 11 is 0. The number of pyridine rings is 1. The topological polar surface area (TPSA) is 62.3 Å². The summed E-state index contributed by atoms with van der Waals surface area (Å²) in [7, 11) is 0. The largest absolute Gasteiger partial charge is 0.342 e. The summed E-state index contributed by atoms with van der Waals surface area (Å²) in [5.74, 6) is -0.162. The van der Waals surface area contributed by atoms with Gasteiger partial charge < -0.3 is 5.32 Å². The van der Waals surface area contributed by atoms with E-state index in [0.29, 0.717) is 6.42 Å². The molecule has 5 heteroatoms. The fraction of sp³-hybridized carbons (Fsp3) is 0.562. The molecule has 0 spiro atoms. The normalized spacial score (nSPS) is 23.2. The third kappa shape index (κ3) is 2.77. The number of carbonyl (C=O) groups excluding carboxylic acids is 2. The van der Waals surface area contributed by atoms with E-state index in [1.54, 1.807) is 17.2 Å².